The van der Waals surface area contributed by atoms with Crippen LogP contribution >= 0.6 is 11.6 Å². The first-order chi connectivity index (χ1) is 25.8. The fraction of sp³-hybridized carbons (Fsp3) is 0.190. The number of methoxy groups -OCH3 is 1. The number of halogens is 1. The van der Waals surface area contributed by atoms with E-state index in [0.29, 0.717) is 52.9 Å². The molecule has 1 unspecified atom stereocenters. The summed E-state index contributed by atoms with van der Waals surface area (Å²) in [7, 11) is 1.29. The summed E-state index contributed by atoms with van der Waals surface area (Å²) in [6.45, 7) is 0.775. The number of ether oxygens (including phenoxy) is 3. The Hall–Kier alpha value is -6.15. The number of fused-ring (bicyclic) bond motifs is 2. The number of nitrogens with one attached hydrogen (secondary N) is 3. The fourth-order valence-electron chi connectivity index (χ4n) is 6.43. The van der Waals surface area contributed by atoms with Crippen LogP contribution in [0.3, 0.4) is 0 Å². The monoisotopic (exact) mass is 726 g/mol. The van der Waals surface area contributed by atoms with E-state index in [0.717, 1.165) is 33.4 Å². The van der Waals surface area contributed by atoms with Crippen LogP contribution < -0.4 is 25.4 Å². The number of nitriles is 1. The molecule has 0 radical (unpaired) electrons. The molecule has 0 bridgehead atoms. The summed E-state index contributed by atoms with van der Waals surface area (Å²) in [5.41, 5.74) is 7.40. The molecule has 11 heteroatoms. The Morgan fingerprint density at radius 2 is 1.60 bits per heavy atom. The lowest BCUT2D eigenvalue weighted by molar-refractivity contribution is -0.145. The van der Waals surface area contributed by atoms with E-state index in [-0.39, 0.29) is 18.2 Å². The van der Waals surface area contributed by atoms with Crippen molar-refractivity contribution in [3.63, 3.8) is 0 Å². The molecular formula is C42H35ClN4O6. The first-order valence-electron chi connectivity index (χ1n) is 17.1. The third-order valence-corrected chi connectivity index (χ3v) is 9.62. The van der Waals surface area contributed by atoms with Crippen molar-refractivity contribution in [1.82, 2.24) is 10.6 Å². The van der Waals surface area contributed by atoms with Crippen molar-refractivity contribution in [2.45, 2.75) is 44.2 Å². The normalized spacial score (nSPS) is 16.4. The van der Waals surface area contributed by atoms with Crippen LogP contribution in [0, 0.1) is 11.3 Å². The van der Waals surface area contributed by atoms with E-state index in [9.17, 15) is 14.4 Å². The van der Waals surface area contributed by atoms with Gasteiger partial charge in [0.1, 0.15) is 24.1 Å². The van der Waals surface area contributed by atoms with Gasteiger partial charge in [0, 0.05) is 23.6 Å². The number of carbonyl (C=O) groups excluding carboxylic acids is 3. The highest BCUT2D eigenvalue weighted by Gasteiger charge is 2.33. The molecule has 2 aliphatic rings. The molecule has 53 heavy (non-hydrogen) atoms. The molecule has 0 saturated carbocycles. The van der Waals surface area contributed by atoms with Gasteiger partial charge in [-0.05, 0) is 88.3 Å². The standard InChI is InChI=1S/C42H35ClN4O6/c1-51-42(50)37(18-25-2-8-28(9-3-25)29-10-4-26(22-44)5-11-29)47-40(48)36-20-31-19-35-38(21-32(31)23-45-36)53-39(41(49)46-35)30-12-16-34(17-13-30)52-24-27-6-14-33(43)15-7-27/h2-17,19,21,36-37,39,45H,18,20,23-24H2,1H3,(H,46,49)(H,47,48)/t36?,37-,39-/m0/s1. The topological polar surface area (TPSA) is 139 Å². The van der Waals surface area contributed by atoms with E-state index < -0.39 is 24.2 Å². The zero-order valence-electron chi connectivity index (χ0n) is 28.7. The quantitative estimate of drug-likeness (QED) is 0.140. The molecular weight excluding hydrogens is 692 g/mol. The highest BCUT2D eigenvalue weighted by Crippen LogP contribution is 2.38. The molecule has 10 nitrogen and oxygen atoms in total. The van der Waals surface area contributed by atoms with Gasteiger partial charge in [0.2, 0.25) is 12.0 Å². The molecule has 3 atom stereocenters. The summed E-state index contributed by atoms with van der Waals surface area (Å²) in [6, 6.07) is 34.0. The van der Waals surface area contributed by atoms with Crippen molar-refractivity contribution in [3.05, 3.63) is 148 Å². The molecule has 2 amide bonds. The first kappa shape index (κ1) is 35.3. The van der Waals surface area contributed by atoms with Gasteiger partial charge in [-0.3, -0.25) is 9.59 Å². The fourth-order valence-corrected chi connectivity index (χ4v) is 6.55. The summed E-state index contributed by atoms with van der Waals surface area (Å²) in [5, 5.41) is 18.9. The third-order valence-electron chi connectivity index (χ3n) is 9.37. The Morgan fingerprint density at radius 1 is 0.925 bits per heavy atom. The maximum absolute atomic E-state index is 13.5. The Morgan fingerprint density at radius 3 is 2.28 bits per heavy atom. The maximum atomic E-state index is 13.5. The van der Waals surface area contributed by atoms with E-state index in [1.54, 1.807) is 24.3 Å². The van der Waals surface area contributed by atoms with Gasteiger partial charge in [-0.1, -0.05) is 72.3 Å². The summed E-state index contributed by atoms with van der Waals surface area (Å²) >= 11 is 5.96. The second-order valence-corrected chi connectivity index (χ2v) is 13.3. The predicted octanol–water partition coefficient (Wildman–Crippen LogP) is 6.44. The minimum absolute atomic E-state index is 0.243. The van der Waals surface area contributed by atoms with Crippen LogP contribution in [0.15, 0.2) is 109 Å². The van der Waals surface area contributed by atoms with Gasteiger partial charge in [0.25, 0.3) is 5.91 Å². The molecule has 5 aromatic carbocycles. The van der Waals surface area contributed by atoms with E-state index in [1.165, 1.54) is 7.11 Å². The van der Waals surface area contributed by atoms with Gasteiger partial charge < -0.3 is 30.2 Å². The first-order valence-corrected chi connectivity index (χ1v) is 17.5. The van der Waals surface area contributed by atoms with E-state index in [2.05, 4.69) is 22.0 Å². The summed E-state index contributed by atoms with van der Waals surface area (Å²) < 4.78 is 17.1. The molecule has 0 aromatic heterocycles. The van der Waals surface area contributed by atoms with Crippen molar-refractivity contribution in [1.29, 1.82) is 5.26 Å². The largest absolute Gasteiger partial charge is 0.489 e. The van der Waals surface area contributed by atoms with Crippen LogP contribution in [0.1, 0.15) is 39.5 Å². The molecule has 3 N–H and O–H groups in total. The lowest BCUT2D eigenvalue weighted by Gasteiger charge is -2.31. The molecule has 0 fully saturated rings. The van der Waals surface area contributed by atoms with Crippen molar-refractivity contribution in [2.24, 2.45) is 0 Å². The van der Waals surface area contributed by atoms with E-state index >= 15 is 0 Å². The predicted molar refractivity (Wildman–Crippen MR) is 199 cm³/mol. The highest BCUT2D eigenvalue weighted by atomic mass is 35.5. The maximum Gasteiger partial charge on any atom is 0.328 e. The molecule has 2 heterocycles. The van der Waals surface area contributed by atoms with Gasteiger partial charge in [0.15, 0.2) is 0 Å². The molecule has 7 rings (SSSR count). The van der Waals surface area contributed by atoms with Gasteiger partial charge in [0.05, 0.1) is 30.5 Å². The van der Waals surface area contributed by atoms with Crippen molar-refractivity contribution in [3.8, 4) is 28.7 Å². The second kappa shape index (κ2) is 15.6. The average Bonchev–Trinajstić information content (AvgIpc) is 3.19. The van der Waals surface area contributed by atoms with Gasteiger partial charge in [-0.25, -0.2) is 4.79 Å². The van der Waals surface area contributed by atoms with Gasteiger partial charge in [-0.2, -0.15) is 5.26 Å². The van der Waals surface area contributed by atoms with Crippen molar-refractivity contribution < 1.29 is 28.6 Å². The molecule has 0 spiro atoms. The Bertz CT molecular complexity index is 2180. The molecule has 5 aromatic rings. The number of benzene rings is 5. The van der Waals surface area contributed by atoms with Crippen LogP contribution in [0.5, 0.6) is 11.5 Å². The zero-order chi connectivity index (χ0) is 36.9. The van der Waals surface area contributed by atoms with Crippen molar-refractivity contribution in [2.75, 3.05) is 12.4 Å². The third kappa shape index (κ3) is 8.17. The molecule has 0 saturated heterocycles. The second-order valence-electron chi connectivity index (χ2n) is 12.9. The molecule has 266 valence electrons. The minimum atomic E-state index is -0.895. The number of nitrogens with zero attached hydrogens (tertiary/aromatic N) is 1. The van der Waals surface area contributed by atoms with E-state index in [4.69, 9.17) is 31.1 Å². The number of hydrogen-bond acceptors (Lipinski definition) is 8. The summed E-state index contributed by atoms with van der Waals surface area (Å²) in [6.07, 6.45) is -0.256. The lowest BCUT2D eigenvalue weighted by atomic mass is 9.93. The number of amides is 2. The lowest BCUT2D eigenvalue weighted by Crippen LogP contribution is -2.53. The molecule has 0 aliphatic carbocycles. The number of esters is 1. The molecule has 2 aliphatic heterocycles. The Kier molecular flexibility index (Phi) is 10.4. The minimum Gasteiger partial charge on any atom is -0.489 e. The smallest absolute Gasteiger partial charge is 0.328 e. The Labute approximate surface area is 311 Å². The summed E-state index contributed by atoms with van der Waals surface area (Å²) in [4.78, 5) is 39.5. The van der Waals surface area contributed by atoms with Crippen LogP contribution in [0.25, 0.3) is 11.1 Å². The summed E-state index contributed by atoms with van der Waals surface area (Å²) in [5.74, 6) is 0.0124. The Balaban J connectivity index is 0.970. The number of hydrogen-bond donors (Lipinski definition) is 3. The number of rotatable bonds is 10. The number of carbonyl (C=O) groups is 3. The van der Waals surface area contributed by atoms with Gasteiger partial charge >= 0.3 is 5.97 Å². The van der Waals surface area contributed by atoms with E-state index in [1.807, 2.05) is 84.9 Å². The zero-order valence-corrected chi connectivity index (χ0v) is 29.5. The number of anilines is 1. The highest BCUT2D eigenvalue weighted by molar-refractivity contribution is 6.30. The average molecular weight is 727 g/mol. The van der Waals surface area contributed by atoms with Crippen LogP contribution in [0.2, 0.25) is 5.02 Å². The van der Waals surface area contributed by atoms with Crippen molar-refractivity contribution >= 4 is 35.1 Å². The van der Waals surface area contributed by atoms with Crippen LogP contribution in [-0.2, 0) is 45.1 Å². The van der Waals surface area contributed by atoms with Gasteiger partial charge in [-0.15, -0.1) is 0 Å². The SMILES string of the molecule is COC(=O)[C@H](Cc1ccc(-c2ccc(C#N)cc2)cc1)NC(=O)C1Cc2cc3c(cc2CN1)O[C@@H](c1ccc(OCc2ccc(Cl)cc2)cc1)C(=O)N3. The van der Waals surface area contributed by atoms with Crippen LogP contribution in [0.4, 0.5) is 5.69 Å². The van der Waals surface area contributed by atoms with Crippen LogP contribution in [-0.4, -0.2) is 37.0 Å².